The highest BCUT2D eigenvalue weighted by molar-refractivity contribution is 5.30. The van der Waals surface area contributed by atoms with Crippen molar-refractivity contribution in [2.24, 2.45) is 0 Å². The summed E-state index contributed by atoms with van der Waals surface area (Å²) in [5.41, 5.74) is 3.47. The van der Waals surface area contributed by atoms with Crippen LogP contribution < -0.4 is 0 Å². The van der Waals surface area contributed by atoms with E-state index in [1.807, 2.05) is 0 Å². The number of benzene rings is 1. The number of nitrogens with zero attached hydrogens (tertiary/aromatic N) is 1. The summed E-state index contributed by atoms with van der Waals surface area (Å²) in [6, 6.07) is 6.86. The van der Waals surface area contributed by atoms with Gasteiger partial charge in [-0.25, -0.2) is 0 Å². The van der Waals surface area contributed by atoms with Gasteiger partial charge >= 0.3 is 0 Å². The zero-order valence-electron chi connectivity index (χ0n) is 12.4. The van der Waals surface area contributed by atoms with E-state index in [-0.39, 0.29) is 0 Å². The SMILES string of the molecule is CCC(CC)N(C)CC(O)c1cc(C)cc(C)c1. The lowest BCUT2D eigenvalue weighted by molar-refractivity contribution is 0.101. The van der Waals surface area contributed by atoms with Crippen LogP contribution in [0.2, 0.25) is 0 Å². The number of hydrogen-bond acceptors (Lipinski definition) is 2. The highest BCUT2D eigenvalue weighted by Crippen LogP contribution is 2.19. The second-order valence-electron chi connectivity index (χ2n) is 5.35. The summed E-state index contributed by atoms with van der Waals surface area (Å²) in [5, 5.41) is 10.3. The molecule has 0 aromatic heterocycles. The van der Waals surface area contributed by atoms with Crippen molar-refractivity contribution in [3.05, 3.63) is 34.9 Å². The van der Waals surface area contributed by atoms with Crippen molar-refractivity contribution in [1.29, 1.82) is 0 Å². The molecule has 0 aliphatic heterocycles. The average molecular weight is 249 g/mol. The maximum absolute atomic E-state index is 10.3. The molecule has 0 fully saturated rings. The Morgan fingerprint density at radius 1 is 1.06 bits per heavy atom. The molecule has 1 rings (SSSR count). The fourth-order valence-electron chi connectivity index (χ4n) is 2.64. The zero-order chi connectivity index (χ0) is 13.7. The molecule has 1 aromatic carbocycles. The Bertz CT molecular complexity index is 351. The highest BCUT2D eigenvalue weighted by atomic mass is 16.3. The normalized spacial score (nSPS) is 13.3. The number of aryl methyl sites for hydroxylation is 2. The van der Waals surface area contributed by atoms with Gasteiger partial charge < -0.3 is 10.0 Å². The van der Waals surface area contributed by atoms with Crippen LogP contribution in [-0.4, -0.2) is 29.6 Å². The van der Waals surface area contributed by atoms with Crippen LogP contribution in [0, 0.1) is 13.8 Å². The number of aliphatic hydroxyl groups excluding tert-OH is 1. The topological polar surface area (TPSA) is 23.5 Å². The molecule has 0 aliphatic carbocycles. The summed E-state index contributed by atoms with van der Waals surface area (Å²) < 4.78 is 0. The van der Waals surface area contributed by atoms with E-state index < -0.39 is 6.10 Å². The van der Waals surface area contributed by atoms with E-state index in [1.165, 1.54) is 11.1 Å². The molecule has 0 amide bonds. The summed E-state index contributed by atoms with van der Waals surface area (Å²) in [6.07, 6.45) is 1.87. The number of hydrogen-bond donors (Lipinski definition) is 1. The molecule has 1 aromatic rings. The molecule has 18 heavy (non-hydrogen) atoms. The maximum Gasteiger partial charge on any atom is 0.0917 e. The lowest BCUT2D eigenvalue weighted by Gasteiger charge is -2.28. The standard InChI is InChI=1S/C16H27NO/c1-6-15(7-2)17(5)11-16(18)14-9-12(3)8-13(4)10-14/h8-10,15-16,18H,6-7,11H2,1-5H3. The molecule has 0 spiro atoms. The molecular weight excluding hydrogens is 222 g/mol. The zero-order valence-corrected chi connectivity index (χ0v) is 12.4. The van der Waals surface area contributed by atoms with Crippen LogP contribution in [0.5, 0.6) is 0 Å². The minimum atomic E-state index is -0.394. The molecule has 0 aliphatic rings. The predicted octanol–water partition coefficient (Wildman–Crippen LogP) is 3.46. The maximum atomic E-state index is 10.3. The van der Waals surface area contributed by atoms with E-state index in [1.54, 1.807) is 0 Å². The smallest absolute Gasteiger partial charge is 0.0917 e. The molecule has 0 saturated heterocycles. The lowest BCUT2D eigenvalue weighted by Crippen LogP contribution is -2.34. The van der Waals surface area contributed by atoms with Crippen molar-refractivity contribution in [3.8, 4) is 0 Å². The summed E-state index contributed by atoms with van der Waals surface area (Å²) in [5.74, 6) is 0. The third-order valence-corrected chi connectivity index (χ3v) is 3.66. The van der Waals surface area contributed by atoms with Crippen molar-refractivity contribution in [3.63, 3.8) is 0 Å². The average Bonchev–Trinajstić information content (AvgIpc) is 2.29. The molecule has 0 saturated carbocycles. The van der Waals surface area contributed by atoms with Crippen LogP contribution in [0.4, 0.5) is 0 Å². The largest absolute Gasteiger partial charge is 0.387 e. The lowest BCUT2D eigenvalue weighted by atomic mass is 10.0. The van der Waals surface area contributed by atoms with Gasteiger partial charge in [-0.1, -0.05) is 43.2 Å². The van der Waals surface area contributed by atoms with Crippen LogP contribution >= 0.6 is 0 Å². The molecule has 0 radical (unpaired) electrons. The number of rotatable bonds is 6. The van der Waals surface area contributed by atoms with Gasteiger partial charge in [0, 0.05) is 12.6 Å². The second-order valence-corrected chi connectivity index (χ2v) is 5.35. The summed E-state index contributed by atoms with van der Waals surface area (Å²) >= 11 is 0. The first kappa shape index (κ1) is 15.2. The molecule has 2 nitrogen and oxygen atoms in total. The van der Waals surface area contributed by atoms with Gasteiger partial charge in [0.05, 0.1) is 6.10 Å². The van der Waals surface area contributed by atoms with E-state index in [0.717, 1.165) is 18.4 Å². The van der Waals surface area contributed by atoms with Gasteiger partial charge in [-0.3, -0.25) is 0 Å². The van der Waals surface area contributed by atoms with E-state index in [0.29, 0.717) is 12.6 Å². The molecule has 1 atom stereocenters. The van der Waals surface area contributed by atoms with Crippen molar-refractivity contribution >= 4 is 0 Å². The number of aliphatic hydroxyl groups is 1. The van der Waals surface area contributed by atoms with Gasteiger partial charge in [-0.2, -0.15) is 0 Å². The Labute approximate surface area is 112 Å². The Hall–Kier alpha value is -0.860. The summed E-state index contributed by atoms with van der Waals surface area (Å²) in [7, 11) is 2.10. The Balaban J connectivity index is 2.72. The highest BCUT2D eigenvalue weighted by Gasteiger charge is 2.16. The first-order valence-electron chi connectivity index (χ1n) is 6.94. The summed E-state index contributed by atoms with van der Waals surface area (Å²) in [4.78, 5) is 2.27. The van der Waals surface area contributed by atoms with Gasteiger partial charge in [0.2, 0.25) is 0 Å². The van der Waals surface area contributed by atoms with Crippen molar-refractivity contribution in [1.82, 2.24) is 4.90 Å². The Kier molecular flexibility index (Phi) is 5.83. The van der Waals surface area contributed by atoms with Gasteiger partial charge in [0.15, 0.2) is 0 Å². The predicted molar refractivity (Wildman–Crippen MR) is 77.9 cm³/mol. The van der Waals surface area contributed by atoms with Crippen LogP contribution in [0.15, 0.2) is 18.2 Å². The van der Waals surface area contributed by atoms with Crippen molar-refractivity contribution < 1.29 is 5.11 Å². The third kappa shape index (κ3) is 4.11. The van der Waals surface area contributed by atoms with Crippen LogP contribution in [0.3, 0.4) is 0 Å². The second kappa shape index (κ2) is 6.91. The molecule has 0 bridgehead atoms. The Morgan fingerprint density at radius 3 is 2.00 bits per heavy atom. The van der Waals surface area contributed by atoms with E-state index in [9.17, 15) is 5.11 Å². The first-order chi connectivity index (χ1) is 8.47. The quantitative estimate of drug-likeness (QED) is 0.834. The van der Waals surface area contributed by atoms with Gasteiger partial charge in [0.25, 0.3) is 0 Å². The fourth-order valence-corrected chi connectivity index (χ4v) is 2.64. The molecule has 2 heteroatoms. The van der Waals surface area contributed by atoms with Gasteiger partial charge in [-0.05, 0) is 39.3 Å². The van der Waals surface area contributed by atoms with Crippen LogP contribution in [0.25, 0.3) is 0 Å². The van der Waals surface area contributed by atoms with Gasteiger partial charge in [0.1, 0.15) is 0 Å². The molecular formula is C16H27NO. The van der Waals surface area contributed by atoms with Crippen molar-refractivity contribution in [2.75, 3.05) is 13.6 Å². The van der Waals surface area contributed by atoms with Crippen molar-refractivity contribution in [2.45, 2.75) is 52.7 Å². The van der Waals surface area contributed by atoms with Crippen LogP contribution in [-0.2, 0) is 0 Å². The minimum absolute atomic E-state index is 0.394. The molecule has 1 N–H and O–H groups in total. The van der Waals surface area contributed by atoms with E-state index in [4.69, 9.17) is 0 Å². The van der Waals surface area contributed by atoms with E-state index in [2.05, 4.69) is 57.8 Å². The summed E-state index contributed by atoms with van der Waals surface area (Å²) in [6.45, 7) is 9.26. The first-order valence-corrected chi connectivity index (χ1v) is 6.94. The minimum Gasteiger partial charge on any atom is -0.387 e. The third-order valence-electron chi connectivity index (χ3n) is 3.66. The van der Waals surface area contributed by atoms with E-state index >= 15 is 0 Å². The monoisotopic (exact) mass is 249 g/mol. The fraction of sp³-hybridized carbons (Fsp3) is 0.625. The Morgan fingerprint density at radius 2 is 1.56 bits per heavy atom. The van der Waals surface area contributed by atoms with Crippen LogP contribution in [0.1, 0.15) is 49.5 Å². The molecule has 0 heterocycles. The molecule has 102 valence electrons. The van der Waals surface area contributed by atoms with Gasteiger partial charge in [-0.15, -0.1) is 0 Å². The number of likely N-dealkylation sites (N-methyl/N-ethyl adjacent to an activating group) is 1. The molecule has 1 unspecified atom stereocenters.